The van der Waals surface area contributed by atoms with Crippen molar-refractivity contribution in [2.24, 2.45) is 0 Å². The zero-order valence-electron chi connectivity index (χ0n) is 12.6. The number of benzene rings is 1. The second-order valence-electron chi connectivity index (χ2n) is 5.31. The van der Waals surface area contributed by atoms with Crippen LogP contribution in [0.5, 0.6) is 0 Å². The minimum atomic E-state index is -0.568. The van der Waals surface area contributed by atoms with E-state index in [9.17, 15) is 4.79 Å². The van der Waals surface area contributed by atoms with Crippen LogP contribution in [0.1, 0.15) is 18.1 Å². The van der Waals surface area contributed by atoms with Crippen LogP contribution in [0.4, 0.5) is 10.7 Å². The van der Waals surface area contributed by atoms with Gasteiger partial charge in [-0.05, 0) is 37.0 Å². The monoisotopic (exact) mass is 309 g/mol. The van der Waals surface area contributed by atoms with Gasteiger partial charge in [-0.3, -0.25) is 5.32 Å². The van der Waals surface area contributed by atoms with Gasteiger partial charge >= 0.3 is 6.09 Å². The average Bonchev–Trinajstić information content (AvgIpc) is 2.95. The molecule has 0 fully saturated rings. The molecule has 3 aromatic rings. The number of rotatable bonds is 2. The van der Waals surface area contributed by atoms with E-state index in [1.54, 1.807) is 6.92 Å². The summed E-state index contributed by atoms with van der Waals surface area (Å²) in [6.07, 6.45) is 1.34. The highest BCUT2D eigenvalue weighted by Crippen LogP contribution is 2.32. The van der Waals surface area contributed by atoms with Crippen LogP contribution in [0.15, 0.2) is 30.3 Å². The standard InChI is InChI=1S/C16H15N5O2/c1-2-23-16(22)17-15-19-18-13-9-11-8-7-10-5-3-4-6-12(10)14(11)20-21(13)15/h3-6,9H,2,7-8H2,1H3,(H,17,19,22). The maximum atomic E-state index is 11.6. The molecule has 7 heteroatoms. The number of fused-ring (bicyclic) bond motifs is 4. The SMILES string of the molecule is CCOC(=O)Nc1nnc2cc3c(nn12)-c1ccccc1CC3. The molecule has 23 heavy (non-hydrogen) atoms. The molecule has 0 spiro atoms. The Morgan fingerprint density at radius 2 is 2.09 bits per heavy atom. The lowest BCUT2D eigenvalue weighted by Crippen LogP contribution is -2.16. The number of carbonyl (C=O) groups is 1. The molecule has 1 N–H and O–H groups in total. The molecule has 1 amide bonds. The summed E-state index contributed by atoms with van der Waals surface area (Å²) in [5.74, 6) is 0.254. The lowest BCUT2D eigenvalue weighted by Gasteiger charge is -2.18. The zero-order valence-corrected chi connectivity index (χ0v) is 12.6. The third-order valence-electron chi connectivity index (χ3n) is 3.90. The van der Waals surface area contributed by atoms with Gasteiger partial charge in [-0.1, -0.05) is 24.3 Å². The van der Waals surface area contributed by atoms with E-state index in [4.69, 9.17) is 4.74 Å². The van der Waals surface area contributed by atoms with Gasteiger partial charge in [0.05, 0.1) is 12.3 Å². The van der Waals surface area contributed by atoms with Crippen LogP contribution >= 0.6 is 0 Å². The van der Waals surface area contributed by atoms with Crippen molar-refractivity contribution < 1.29 is 9.53 Å². The maximum absolute atomic E-state index is 11.6. The van der Waals surface area contributed by atoms with Gasteiger partial charge in [-0.25, -0.2) is 4.79 Å². The Balaban J connectivity index is 1.82. The van der Waals surface area contributed by atoms with Crippen LogP contribution in [0.3, 0.4) is 0 Å². The minimum absolute atomic E-state index is 0.254. The topological polar surface area (TPSA) is 81.4 Å². The Morgan fingerprint density at radius 1 is 1.26 bits per heavy atom. The number of aryl methyl sites for hydroxylation is 2. The molecule has 2 aromatic heterocycles. The Bertz CT molecular complexity index is 903. The molecule has 7 nitrogen and oxygen atoms in total. The van der Waals surface area contributed by atoms with Gasteiger partial charge in [0.2, 0.25) is 0 Å². The van der Waals surface area contributed by atoms with Gasteiger partial charge in [0.1, 0.15) is 0 Å². The van der Waals surface area contributed by atoms with Crippen molar-refractivity contribution in [2.75, 3.05) is 11.9 Å². The molecular weight excluding hydrogens is 294 g/mol. The summed E-state index contributed by atoms with van der Waals surface area (Å²) in [6, 6.07) is 10.2. The number of carbonyl (C=O) groups excluding carboxylic acids is 1. The third kappa shape index (κ3) is 2.30. The summed E-state index contributed by atoms with van der Waals surface area (Å²) >= 11 is 0. The molecule has 0 atom stereocenters. The Labute approximate surface area is 132 Å². The Kier molecular flexibility index (Phi) is 3.18. The van der Waals surface area contributed by atoms with Crippen LogP contribution in [-0.2, 0) is 17.6 Å². The van der Waals surface area contributed by atoms with Gasteiger partial charge in [0, 0.05) is 5.56 Å². The number of hydrogen-bond acceptors (Lipinski definition) is 5. The molecule has 0 saturated heterocycles. The van der Waals surface area contributed by atoms with E-state index in [0.29, 0.717) is 12.3 Å². The summed E-state index contributed by atoms with van der Waals surface area (Å²) in [6.45, 7) is 2.03. The number of amides is 1. The summed E-state index contributed by atoms with van der Waals surface area (Å²) in [5, 5.41) is 15.3. The molecule has 4 rings (SSSR count). The van der Waals surface area contributed by atoms with Gasteiger partial charge in [0.25, 0.3) is 5.95 Å². The predicted octanol–water partition coefficient (Wildman–Crippen LogP) is 2.46. The van der Waals surface area contributed by atoms with Crippen molar-refractivity contribution in [1.29, 1.82) is 0 Å². The van der Waals surface area contributed by atoms with Crippen LogP contribution in [0.2, 0.25) is 0 Å². The van der Waals surface area contributed by atoms with Crippen molar-refractivity contribution in [2.45, 2.75) is 19.8 Å². The zero-order chi connectivity index (χ0) is 15.8. The summed E-state index contributed by atoms with van der Waals surface area (Å²) in [5.41, 5.74) is 5.05. The van der Waals surface area contributed by atoms with Gasteiger partial charge in [-0.15, -0.1) is 10.2 Å². The molecule has 116 valence electrons. The maximum Gasteiger partial charge on any atom is 0.414 e. The molecule has 1 aliphatic rings. The molecule has 0 radical (unpaired) electrons. The average molecular weight is 309 g/mol. The number of anilines is 1. The largest absolute Gasteiger partial charge is 0.450 e. The number of ether oxygens (including phenoxy) is 1. The van der Waals surface area contributed by atoms with Crippen molar-refractivity contribution in [3.63, 3.8) is 0 Å². The second-order valence-corrected chi connectivity index (χ2v) is 5.31. The van der Waals surface area contributed by atoms with Crippen LogP contribution < -0.4 is 5.32 Å². The fraction of sp³-hybridized carbons (Fsp3) is 0.250. The Morgan fingerprint density at radius 3 is 2.96 bits per heavy atom. The van der Waals surface area contributed by atoms with Crippen molar-refractivity contribution in [3.05, 3.63) is 41.5 Å². The second kappa shape index (κ2) is 5.35. The lowest BCUT2D eigenvalue weighted by molar-refractivity contribution is 0.167. The summed E-state index contributed by atoms with van der Waals surface area (Å²) in [7, 11) is 0. The highest BCUT2D eigenvalue weighted by Gasteiger charge is 2.20. The van der Waals surface area contributed by atoms with E-state index in [-0.39, 0.29) is 5.95 Å². The summed E-state index contributed by atoms with van der Waals surface area (Å²) < 4.78 is 6.41. The molecule has 2 heterocycles. The first-order valence-electron chi connectivity index (χ1n) is 7.53. The number of hydrogen-bond donors (Lipinski definition) is 1. The van der Waals surface area contributed by atoms with Crippen LogP contribution in [0.25, 0.3) is 16.9 Å². The molecular formula is C16H15N5O2. The first-order valence-corrected chi connectivity index (χ1v) is 7.53. The highest BCUT2D eigenvalue weighted by molar-refractivity contribution is 5.82. The number of aromatic nitrogens is 4. The van der Waals surface area contributed by atoms with E-state index in [2.05, 4.69) is 32.7 Å². The minimum Gasteiger partial charge on any atom is -0.450 e. The fourth-order valence-corrected chi connectivity index (χ4v) is 2.86. The normalized spacial score (nSPS) is 12.6. The van der Waals surface area contributed by atoms with Gasteiger partial charge in [-0.2, -0.15) is 9.61 Å². The van der Waals surface area contributed by atoms with Crippen molar-refractivity contribution >= 4 is 17.7 Å². The first-order chi connectivity index (χ1) is 11.3. The molecule has 1 aliphatic carbocycles. The van der Waals surface area contributed by atoms with E-state index in [1.165, 1.54) is 10.1 Å². The first kappa shape index (κ1) is 13.7. The van der Waals surface area contributed by atoms with Gasteiger partial charge in [0.15, 0.2) is 5.65 Å². The third-order valence-corrected chi connectivity index (χ3v) is 3.90. The van der Waals surface area contributed by atoms with Gasteiger partial charge < -0.3 is 4.74 Å². The lowest BCUT2D eigenvalue weighted by atomic mass is 9.89. The Hall–Kier alpha value is -2.96. The van der Waals surface area contributed by atoms with Crippen LogP contribution in [-0.4, -0.2) is 32.5 Å². The number of nitrogens with one attached hydrogen (secondary N) is 1. The van der Waals surface area contributed by atoms with Crippen LogP contribution in [0, 0.1) is 0 Å². The fourth-order valence-electron chi connectivity index (χ4n) is 2.86. The quantitative estimate of drug-likeness (QED) is 0.786. The smallest absolute Gasteiger partial charge is 0.414 e. The number of nitrogens with zero attached hydrogens (tertiary/aromatic N) is 4. The highest BCUT2D eigenvalue weighted by atomic mass is 16.5. The predicted molar refractivity (Wildman–Crippen MR) is 84.3 cm³/mol. The molecule has 0 saturated carbocycles. The molecule has 0 bridgehead atoms. The molecule has 0 unspecified atom stereocenters. The van der Waals surface area contributed by atoms with Crippen molar-refractivity contribution in [3.8, 4) is 11.3 Å². The van der Waals surface area contributed by atoms with Crippen molar-refractivity contribution in [1.82, 2.24) is 19.8 Å². The van der Waals surface area contributed by atoms with E-state index in [0.717, 1.165) is 29.7 Å². The molecule has 0 aliphatic heterocycles. The van der Waals surface area contributed by atoms with E-state index >= 15 is 0 Å². The van der Waals surface area contributed by atoms with E-state index < -0.39 is 6.09 Å². The van der Waals surface area contributed by atoms with E-state index in [1.807, 2.05) is 18.2 Å². The summed E-state index contributed by atoms with van der Waals surface area (Å²) in [4.78, 5) is 11.6. The molecule has 1 aromatic carbocycles.